The van der Waals surface area contributed by atoms with E-state index in [2.05, 4.69) is 0 Å². The maximum Gasteiger partial charge on any atom is 0.281 e. The Labute approximate surface area is 115 Å². The molecule has 0 aromatic rings. The molecule has 2 heterocycles. The molecule has 0 aromatic heterocycles. The molecule has 6 nitrogen and oxygen atoms in total. The second kappa shape index (κ2) is 6.19. The quantitative estimate of drug-likeness (QED) is 0.811. The molecule has 0 unspecified atom stereocenters. The van der Waals surface area contributed by atoms with Crippen LogP contribution in [0.1, 0.15) is 38.5 Å². The number of carbonyl (C=O) groups excluding carboxylic acids is 1. The highest BCUT2D eigenvalue weighted by Gasteiger charge is 2.34. The third-order valence-corrected chi connectivity index (χ3v) is 6.11. The first kappa shape index (κ1) is 14.7. The molecule has 2 aliphatic rings. The number of carbonyl (C=O) groups is 1. The SMILES string of the molecule is NC(=O)C1CCN(S(=O)(=O)N2CCCCCC2)CC1. The minimum Gasteiger partial charge on any atom is -0.369 e. The Balaban J connectivity index is 1.98. The van der Waals surface area contributed by atoms with Crippen LogP contribution in [0.15, 0.2) is 0 Å². The van der Waals surface area contributed by atoms with Gasteiger partial charge >= 0.3 is 0 Å². The molecule has 0 saturated carbocycles. The Morgan fingerprint density at radius 2 is 1.37 bits per heavy atom. The van der Waals surface area contributed by atoms with Crippen molar-refractivity contribution in [2.75, 3.05) is 26.2 Å². The van der Waals surface area contributed by atoms with Gasteiger partial charge in [-0.3, -0.25) is 4.79 Å². The lowest BCUT2D eigenvalue weighted by molar-refractivity contribution is -0.122. The highest BCUT2D eigenvalue weighted by Crippen LogP contribution is 2.23. The lowest BCUT2D eigenvalue weighted by Crippen LogP contribution is -2.48. The third kappa shape index (κ3) is 3.46. The number of nitrogens with two attached hydrogens (primary N) is 1. The van der Waals surface area contributed by atoms with Crippen LogP contribution in [-0.4, -0.2) is 49.1 Å². The van der Waals surface area contributed by atoms with Crippen molar-refractivity contribution in [3.8, 4) is 0 Å². The van der Waals surface area contributed by atoms with Crippen LogP contribution in [0.3, 0.4) is 0 Å². The summed E-state index contributed by atoms with van der Waals surface area (Å²) in [7, 11) is -3.34. The van der Waals surface area contributed by atoms with E-state index in [4.69, 9.17) is 5.73 Å². The number of hydrogen-bond acceptors (Lipinski definition) is 3. The summed E-state index contributed by atoms with van der Waals surface area (Å²) in [6.07, 6.45) is 5.18. The summed E-state index contributed by atoms with van der Waals surface area (Å²) in [4.78, 5) is 11.1. The van der Waals surface area contributed by atoms with Crippen molar-refractivity contribution in [3.63, 3.8) is 0 Å². The molecule has 1 amide bonds. The Morgan fingerprint density at radius 1 is 0.895 bits per heavy atom. The molecule has 0 aromatic carbocycles. The minimum atomic E-state index is -3.34. The topological polar surface area (TPSA) is 83.7 Å². The average Bonchev–Trinajstić information content (AvgIpc) is 2.68. The summed E-state index contributed by atoms with van der Waals surface area (Å²) in [6.45, 7) is 2.06. The fraction of sp³-hybridized carbons (Fsp3) is 0.917. The van der Waals surface area contributed by atoms with E-state index >= 15 is 0 Å². The smallest absolute Gasteiger partial charge is 0.281 e. The molecule has 19 heavy (non-hydrogen) atoms. The van der Waals surface area contributed by atoms with Gasteiger partial charge in [0.25, 0.3) is 10.2 Å². The fourth-order valence-corrected chi connectivity index (χ4v) is 4.53. The Hall–Kier alpha value is -0.660. The number of piperidine rings is 1. The van der Waals surface area contributed by atoms with Crippen molar-refractivity contribution >= 4 is 16.1 Å². The Morgan fingerprint density at radius 3 is 1.84 bits per heavy atom. The lowest BCUT2D eigenvalue weighted by Gasteiger charge is -2.33. The number of rotatable bonds is 3. The molecule has 0 atom stereocenters. The van der Waals surface area contributed by atoms with E-state index in [-0.39, 0.29) is 11.8 Å². The van der Waals surface area contributed by atoms with E-state index < -0.39 is 10.2 Å². The van der Waals surface area contributed by atoms with Gasteiger partial charge in [-0.2, -0.15) is 17.0 Å². The van der Waals surface area contributed by atoms with Crippen molar-refractivity contribution in [3.05, 3.63) is 0 Å². The molecule has 0 spiro atoms. The van der Waals surface area contributed by atoms with Gasteiger partial charge in [-0.15, -0.1) is 0 Å². The molecular formula is C12H23N3O3S. The number of hydrogen-bond donors (Lipinski definition) is 1. The summed E-state index contributed by atoms with van der Waals surface area (Å²) in [6, 6.07) is 0. The van der Waals surface area contributed by atoms with E-state index in [9.17, 15) is 13.2 Å². The van der Waals surface area contributed by atoms with E-state index in [1.807, 2.05) is 0 Å². The maximum absolute atomic E-state index is 12.5. The van der Waals surface area contributed by atoms with Crippen molar-refractivity contribution in [2.45, 2.75) is 38.5 Å². The molecule has 2 N–H and O–H groups in total. The molecule has 2 fully saturated rings. The Kier molecular flexibility index (Phi) is 4.81. The van der Waals surface area contributed by atoms with Crippen LogP contribution in [0.2, 0.25) is 0 Å². The van der Waals surface area contributed by atoms with Crippen molar-refractivity contribution in [1.82, 2.24) is 8.61 Å². The highest BCUT2D eigenvalue weighted by atomic mass is 32.2. The largest absolute Gasteiger partial charge is 0.369 e. The van der Waals surface area contributed by atoms with Gasteiger partial charge in [0.1, 0.15) is 0 Å². The van der Waals surface area contributed by atoms with Crippen molar-refractivity contribution in [2.24, 2.45) is 11.7 Å². The second-order valence-electron chi connectivity index (χ2n) is 5.40. The van der Waals surface area contributed by atoms with E-state index in [1.165, 1.54) is 4.31 Å². The molecule has 2 saturated heterocycles. The van der Waals surface area contributed by atoms with Gasteiger partial charge in [-0.25, -0.2) is 0 Å². The first-order chi connectivity index (χ1) is 9.01. The zero-order valence-electron chi connectivity index (χ0n) is 11.3. The van der Waals surface area contributed by atoms with E-state index in [1.54, 1.807) is 4.31 Å². The lowest BCUT2D eigenvalue weighted by atomic mass is 9.98. The highest BCUT2D eigenvalue weighted by molar-refractivity contribution is 7.86. The van der Waals surface area contributed by atoms with Gasteiger partial charge in [0.2, 0.25) is 5.91 Å². The number of nitrogens with zero attached hydrogens (tertiary/aromatic N) is 2. The summed E-state index contributed by atoms with van der Waals surface area (Å²) in [5, 5.41) is 0. The predicted molar refractivity (Wildman–Crippen MR) is 72.5 cm³/mol. The van der Waals surface area contributed by atoms with Gasteiger partial charge in [0.15, 0.2) is 0 Å². The molecule has 2 rings (SSSR count). The standard InChI is InChI=1S/C12H23N3O3S/c13-12(16)11-5-9-15(10-6-11)19(17,18)14-7-3-1-2-4-8-14/h11H,1-10H2,(H2,13,16). The van der Waals surface area contributed by atoms with Crippen LogP contribution in [0.25, 0.3) is 0 Å². The van der Waals surface area contributed by atoms with Gasteiger partial charge < -0.3 is 5.73 Å². The van der Waals surface area contributed by atoms with Crippen molar-refractivity contribution < 1.29 is 13.2 Å². The van der Waals surface area contributed by atoms with Crippen LogP contribution < -0.4 is 5.73 Å². The summed E-state index contributed by atoms with van der Waals surface area (Å²) in [5.74, 6) is -0.484. The predicted octanol–water partition coefficient (Wildman–Crippen LogP) is 0.305. The molecular weight excluding hydrogens is 266 g/mol. The van der Waals surface area contributed by atoms with Gasteiger partial charge in [-0.1, -0.05) is 12.8 Å². The molecule has 2 aliphatic heterocycles. The molecule has 0 radical (unpaired) electrons. The fourth-order valence-electron chi connectivity index (χ4n) is 2.81. The van der Waals surface area contributed by atoms with Crippen molar-refractivity contribution in [1.29, 1.82) is 0 Å². The Bertz CT molecular complexity index is 408. The molecule has 0 aliphatic carbocycles. The van der Waals surface area contributed by atoms with Crippen LogP contribution in [0.4, 0.5) is 0 Å². The normalized spacial score (nSPS) is 25.1. The van der Waals surface area contributed by atoms with Crippen LogP contribution in [-0.2, 0) is 15.0 Å². The molecule has 110 valence electrons. The molecule has 0 bridgehead atoms. The zero-order valence-corrected chi connectivity index (χ0v) is 12.1. The number of primary amides is 1. The zero-order chi connectivity index (χ0) is 13.9. The summed E-state index contributed by atoms with van der Waals surface area (Å²) < 4.78 is 28.1. The minimum absolute atomic E-state index is 0.171. The first-order valence-corrected chi connectivity index (χ1v) is 8.46. The number of amides is 1. The molecule has 7 heteroatoms. The second-order valence-corrected chi connectivity index (χ2v) is 7.33. The van der Waals surface area contributed by atoms with Crippen LogP contribution in [0, 0.1) is 5.92 Å². The van der Waals surface area contributed by atoms with Crippen LogP contribution >= 0.6 is 0 Å². The van der Waals surface area contributed by atoms with E-state index in [0.717, 1.165) is 25.7 Å². The van der Waals surface area contributed by atoms with Gasteiger partial charge in [0, 0.05) is 32.1 Å². The summed E-state index contributed by atoms with van der Waals surface area (Å²) in [5.41, 5.74) is 5.27. The van der Waals surface area contributed by atoms with Gasteiger partial charge in [0.05, 0.1) is 0 Å². The monoisotopic (exact) mass is 289 g/mol. The average molecular weight is 289 g/mol. The van der Waals surface area contributed by atoms with Gasteiger partial charge in [-0.05, 0) is 25.7 Å². The van der Waals surface area contributed by atoms with Crippen LogP contribution in [0.5, 0.6) is 0 Å². The first-order valence-electron chi connectivity index (χ1n) is 7.06. The summed E-state index contributed by atoms with van der Waals surface area (Å²) >= 11 is 0. The maximum atomic E-state index is 12.5. The third-order valence-electron chi connectivity index (χ3n) is 4.07. The van der Waals surface area contributed by atoms with E-state index in [0.29, 0.717) is 39.0 Å².